The average Bonchev–Trinajstić information content (AvgIpc) is 2.87. The Balaban J connectivity index is 2.08. The molecule has 0 fully saturated rings. The molecule has 6 heteroatoms. The predicted molar refractivity (Wildman–Crippen MR) is 59.2 cm³/mol. The van der Waals surface area contributed by atoms with Crippen LogP contribution in [0.5, 0.6) is 5.75 Å². The fourth-order valence-electron chi connectivity index (χ4n) is 1.83. The Bertz CT molecular complexity index is 604. The molecule has 0 saturated heterocycles. The summed E-state index contributed by atoms with van der Waals surface area (Å²) >= 11 is 0. The predicted octanol–water partition coefficient (Wildman–Crippen LogP) is 1.91. The van der Waals surface area contributed by atoms with Crippen molar-refractivity contribution in [2.24, 2.45) is 0 Å². The average molecular weight is 247 g/mol. The number of fused-ring (bicyclic) bond motifs is 1. The second kappa shape index (κ2) is 4.15. The lowest BCUT2D eigenvalue weighted by molar-refractivity contribution is -0.0159. The van der Waals surface area contributed by atoms with Gasteiger partial charge in [0, 0.05) is 17.2 Å². The molecule has 1 aliphatic heterocycles. The van der Waals surface area contributed by atoms with Gasteiger partial charge in [0.25, 0.3) is 0 Å². The Morgan fingerprint density at radius 2 is 2.28 bits per heavy atom. The summed E-state index contributed by atoms with van der Waals surface area (Å²) in [4.78, 5) is 10.7. The molecule has 2 heterocycles. The van der Waals surface area contributed by atoms with Crippen LogP contribution < -0.4 is 4.74 Å². The van der Waals surface area contributed by atoms with Crippen molar-refractivity contribution >= 4 is 5.97 Å². The van der Waals surface area contributed by atoms with Crippen LogP contribution in [-0.2, 0) is 11.3 Å². The molecule has 2 aromatic rings. The van der Waals surface area contributed by atoms with Crippen molar-refractivity contribution in [3.05, 3.63) is 35.6 Å². The molecule has 0 amide bonds. The third-order valence-electron chi connectivity index (χ3n) is 2.64. The molecule has 0 unspecified atom stereocenters. The Morgan fingerprint density at radius 3 is 3.06 bits per heavy atom. The molecule has 1 aromatic carbocycles. The van der Waals surface area contributed by atoms with E-state index in [1.807, 2.05) is 12.1 Å². The van der Waals surface area contributed by atoms with E-state index < -0.39 is 5.97 Å². The second-order valence-electron chi connectivity index (χ2n) is 3.79. The quantitative estimate of drug-likeness (QED) is 0.872. The first-order chi connectivity index (χ1) is 8.75. The third kappa shape index (κ3) is 1.72. The highest BCUT2D eigenvalue weighted by Crippen LogP contribution is 2.35. The molecule has 0 radical (unpaired) electrons. The summed E-state index contributed by atoms with van der Waals surface area (Å²) in [6.07, 6.45) is 0. The minimum absolute atomic E-state index is 0.174. The van der Waals surface area contributed by atoms with Crippen LogP contribution in [0, 0.1) is 0 Å². The van der Waals surface area contributed by atoms with Crippen LogP contribution in [0.15, 0.2) is 28.8 Å². The molecular weight excluding hydrogens is 238 g/mol. The van der Waals surface area contributed by atoms with E-state index in [0.717, 1.165) is 5.56 Å². The summed E-state index contributed by atoms with van der Waals surface area (Å²) in [6, 6.07) is 6.89. The molecule has 92 valence electrons. The number of aromatic carboxylic acids is 1. The van der Waals surface area contributed by atoms with E-state index in [0.29, 0.717) is 23.6 Å². The van der Waals surface area contributed by atoms with Crippen LogP contribution in [0.3, 0.4) is 0 Å². The minimum Gasteiger partial charge on any atom is -0.475 e. The van der Waals surface area contributed by atoms with Gasteiger partial charge in [-0.3, -0.25) is 0 Å². The number of hydrogen-bond acceptors (Lipinski definition) is 5. The topological polar surface area (TPSA) is 81.8 Å². The van der Waals surface area contributed by atoms with E-state index in [1.165, 1.54) is 6.07 Å². The number of benzene rings is 1. The van der Waals surface area contributed by atoms with E-state index in [2.05, 4.69) is 5.16 Å². The van der Waals surface area contributed by atoms with Crippen molar-refractivity contribution < 1.29 is 23.9 Å². The number of rotatable bonds is 2. The van der Waals surface area contributed by atoms with Crippen molar-refractivity contribution in [1.82, 2.24) is 5.16 Å². The maximum Gasteiger partial charge on any atom is 0.374 e. The summed E-state index contributed by atoms with van der Waals surface area (Å²) in [5.74, 6) is -0.688. The standard InChI is InChI=1S/C12H9NO5/c14-12(15)10-4-9(13-18-10)8-3-1-2-7-5-16-6-17-11(7)8/h1-4H,5-6H2,(H,14,15). The summed E-state index contributed by atoms with van der Waals surface area (Å²) in [5.41, 5.74) is 2.04. The van der Waals surface area contributed by atoms with Crippen molar-refractivity contribution in [2.75, 3.05) is 6.79 Å². The zero-order valence-electron chi connectivity index (χ0n) is 9.25. The van der Waals surface area contributed by atoms with Crippen molar-refractivity contribution in [3.8, 4) is 17.0 Å². The first kappa shape index (κ1) is 10.8. The first-order valence-electron chi connectivity index (χ1n) is 5.28. The normalized spacial score (nSPS) is 13.8. The number of carboxylic acid groups (broad SMARTS) is 1. The van der Waals surface area contributed by atoms with Gasteiger partial charge in [-0.05, 0) is 6.07 Å². The molecule has 0 atom stereocenters. The van der Waals surface area contributed by atoms with Crippen LogP contribution in [0.25, 0.3) is 11.3 Å². The molecule has 0 bridgehead atoms. The lowest BCUT2D eigenvalue weighted by Crippen LogP contribution is -2.11. The smallest absolute Gasteiger partial charge is 0.374 e. The second-order valence-corrected chi connectivity index (χ2v) is 3.79. The highest BCUT2D eigenvalue weighted by atomic mass is 16.7. The maximum absolute atomic E-state index is 10.7. The van der Waals surface area contributed by atoms with Gasteiger partial charge in [-0.15, -0.1) is 0 Å². The van der Waals surface area contributed by atoms with Crippen LogP contribution in [0.4, 0.5) is 0 Å². The minimum atomic E-state index is -1.15. The molecule has 6 nitrogen and oxygen atoms in total. The van der Waals surface area contributed by atoms with Gasteiger partial charge in [-0.1, -0.05) is 17.3 Å². The van der Waals surface area contributed by atoms with E-state index in [9.17, 15) is 4.79 Å². The zero-order valence-corrected chi connectivity index (χ0v) is 9.25. The first-order valence-corrected chi connectivity index (χ1v) is 5.28. The largest absolute Gasteiger partial charge is 0.475 e. The van der Waals surface area contributed by atoms with Crippen molar-refractivity contribution in [2.45, 2.75) is 6.61 Å². The summed E-state index contributed by atoms with van der Waals surface area (Å²) in [7, 11) is 0. The van der Waals surface area contributed by atoms with Gasteiger partial charge in [0.15, 0.2) is 6.79 Å². The van der Waals surface area contributed by atoms with Crippen LogP contribution >= 0.6 is 0 Å². The number of nitrogens with zero attached hydrogens (tertiary/aromatic N) is 1. The molecule has 1 N–H and O–H groups in total. The lowest BCUT2D eigenvalue weighted by atomic mass is 10.1. The Hall–Kier alpha value is -2.34. The Labute approximate surface area is 102 Å². The molecule has 3 rings (SSSR count). The van der Waals surface area contributed by atoms with Crippen molar-refractivity contribution in [1.29, 1.82) is 0 Å². The van der Waals surface area contributed by atoms with E-state index in [-0.39, 0.29) is 12.6 Å². The SMILES string of the molecule is O=C(O)c1cc(-c2cccc3c2OCOC3)no1. The lowest BCUT2D eigenvalue weighted by Gasteiger charge is -2.19. The Morgan fingerprint density at radius 1 is 1.39 bits per heavy atom. The Kier molecular flexibility index (Phi) is 2.49. The van der Waals surface area contributed by atoms with Crippen LogP contribution in [0.2, 0.25) is 0 Å². The van der Waals surface area contributed by atoms with Gasteiger partial charge in [-0.25, -0.2) is 4.79 Å². The van der Waals surface area contributed by atoms with E-state index in [4.69, 9.17) is 19.1 Å². The summed E-state index contributed by atoms with van der Waals surface area (Å²) < 4.78 is 15.3. The molecule has 18 heavy (non-hydrogen) atoms. The monoisotopic (exact) mass is 247 g/mol. The highest BCUT2D eigenvalue weighted by Gasteiger charge is 2.19. The molecular formula is C12H9NO5. The maximum atomic E-state index is 10.7. The number of hydrogen-bond donors (Lipinski definition) is 1. The number of carbonyl (C=O) groups is 1. The fourth-order valence-corrected chi connectivity index (χ4v) is 1.83. The molecule has 0 aliphatic carbocycles. The van der Waals surface area contributed by atoms with Gasteiger partial charge in [0.05, 0.1) is 6.61 Å². The number of ether oxygens (including phenoxy) is 2. The molecule has 0 spiro atoms. The van der Waals surface area contributed by atoms with E-state index >= 15 is 0 Å². The number of para-hydroxylation sites is 1. The molecule has 0 saturated carbocycles. The van der Waals surface area contributed by atoms with Gasteiger partial charge in [0.2, 0.25) is 5.76 Å². The van der Waals surface area contributed by atoms with Gasteiger partial charge < -0.3 is 19.1 Å². The third-order valence-corrected chi connectivity index (χ3v) is 2.64. The van der Waals surface area contributed by atoms with Crippen molar-refractivity contribution in [3.63, 3.8) is 0 Å². The van der Waals surface area contributed by atoms with Crippen LogP contribution in [-0.4, -0.2) is 23.0 Å². The summed E-state index contributed by atoms with van der Waals surface area (Å²) in [5, 5.41) is 12.5. The molecule has 1 aliphatic rings. The zero-order chi connectivity index (χ0) is 12.5. The molecule has 1 aromatic heterocycles. The number of aromatic nitrogens is 1. The van der Waals surface area contributed by atoms with Gasteiger partial charge in [-0.2, -0.15) is 0 Å². The summed E-state index contributed by atoms with van der Waals surface area (Å²) in [6.45, 7) is 0.639. The van der Waals surface area contributed by atoms with Gasteiger partial charge in [0.1, 0.15) is 11.4 Å². The van der Waals surface area contributed by atoms with E-state index in [1.54, 1.807) is 6.07 Å². The number of carboxylic acids is 1. The van der Waals surface area contributed by atoms with Gasteiger partial charge >= 0.3 is 5.97 Å². The van der Waals surface area contributed by atoms with Crippen LogP contribution in [0.1, 0.15) is 16.1 Å². The fraction of sp³-hybridized carbons (Fsp3) is 0.167. The highest BCUT2D eigenvalue weighted by molar-refractivity contribution is 5.86.